The van der Waals surface area contributed by atoms with Gasteiger partial charge in [0.05, 0.1) is 14.2 Å². The minimum Gasteiger partial charge on any atom is -0.493 e. The fraction of sp³-hybridized carbons (Fsp3) is 0.350. The lowest BCUT2D eigenvalue weighted by Crippen LogP contribution is -2.39. The van der Waals surface area contributed by atoms with Crippen LogP contribution in [0.5, 0.6) is 17.2 Å². The van der Waals surface area contributed by atoms with Crippen LogP contribution < -0.4 is 14.2 Å². The Morgan fingerprint density at radius 2 is 1.85 bits per heavy atom. The van der Waals surface area contributed by atoms with Gasteiger partial charge in [-0.25, -0.2) is 0 Å². The second-order valence-corrected chi connectivity index (χ2v) is 6.35. The molecule has 6 heteroatoms. The van der Waals surface area contributed by atoms with Gasteiger partial charge in [-0.2, -0.15) is 0 Å². The average Bonchev–Trinajstić information content (AvgIpc) is 2.65. The highest BCUT2D eigenvalue weighted by atomic mass is 35.5. The number of benzene rings is 2. The van der Waals surface area contributed by atoms with E-state index in [0.29, 0.717) is 35.2 Å². The molecule has 0 spiro atoms. The summed E-state index contributed by atoms with van der Waals surface area (Å²) < 4.78 is 16.2. The van der Waals surface area contributed by atoms with Crippen molar-refractivity contribution in [2.24, 2.45) is 0 Å². The zero-order valence-electron chi connectivity index (χ0n) is 15.5. The third-order valence-corrected chi connectivity index (χ3v) is 4.25. The molecule has 0 aliphatic rings. The van der Waals surface area contributed by atoms with E-state index in [1.807, 2.05) is 18.2 Å². The van der Waals surface area contributed by atoms with Crippen molar-refractivity contribution in [1.29, 1.82) is 0 Å². The van der Waals surface area contributed by atoms with Crippen LogP contribution in [0.1, 0.15) is 12.5 Å². The summed E-state index contributed by atoms with van der Waals surface area (Å²) >= 11 is 5.94. The minimum absolute atomic E-state index is 0.0922. The second kappa shape index (κ2) is 9.34. The molecule has 0 fully saturated rings. The highest BCUT2D eigenvalue weighted by Gasteiger charge is 2.19. The number of methoxy groups -OCH3 is 2. The maximum atomic E-state index is 12.5. The first-order chi connectivity index (χ1) is 12.4. The van der Waals surface area contributed by atoms with Crippen LogP contribution in [-0.2, 0) is 11.2 Å². The van der Waals surface area contributed by atoms with Gasteiger partial charge in [-0.3, -0.25) is 4.79 Å². The lowest BCUT2D eigenvalue weighted by molar-refractivity contribution is -0.136. The topological polar surface area (TPSA) is 48.0 Å². The van der Waals surface area contributed by atoms with Crippen LogP contribution in [0.15, 0.2) is 42.5 Å². The number of carbonyl (C=O) groups is 1. The summed E-state index contributed by atoms with van der Waals surface area (Å²) in [6, 6.07) is 12.8. The van der Waals surface area contributed by atoms with Gasteiger partial charge in [-0.15, -0.1) is 0 Å². The van der Waals surface area contributed by atoms with Gasteiger partial charge < -0.3 is 19.1 Å². The molecule has 0 aliphatic carbocycles. The Morgan fingerprint density at radius 1 is 1.12 bits per heavy atom. The number of ether oxygens (including phenoxy) is 3. The Bertz CT molecular complexity index is 750. The monoisotopic (exact) mass is 377 g/mol. The van der Waals surface area contributed by atoms with Crippen LogP contribution in [0, 0.1) is 0 Å². The molecule has 140 valence electrons. The summed E-state index contributed by atoms with van der Waals surface area (Å²) in [6.45, 7) is 2.30. The van der Waals surface area contributed by atoms with Gasteiger partial charge in [-0.05, 0) is 49.2 Å². The smallest absolute Gasteiger partial charge is 0.263 e. The molecular formula is C20H24ClNO4. The van der Waals surface area contributed by atoms with Crippen molar-refractivity contribution in [3.05, 3.63) is 53.1 Å². The molecule has 1 unspecified atom stereocenters. The number of halogens is 1. The predicted molar refractivity (Wildman–Crippen MR) is 102 cm³/mol. The lowest BCUT2D eigenvalue weighted by atomic mass is 10.1. The molecule has 26 heavy (non-hydrogen) atoms. The van der Waals surface area contributed by atoms with E-state index in [1.54, 1.807) is 57.4 Å². The summed E-state index contributed by atoms with van der Waals surface area (Å²) in [7, 11) is 4.97. The summed E-state index contributed by atoms with van der Waals surface area (Å²) in [4.78, 5) is 14.2. The maximum absolute atomic E-state index is 12.5. The SMILES string of the molecule is COc1ccc(CCN(C)C(=O)C(C)Oc2cccc(Cl)c2)cc1OC. The Labute approximate surface area is 159 Å². The lowest BCUT2D eigenvalue weighted by Gasteiger charge is -2.22. The molecule has 5 nitrogen and oxygen atoms in total. The molecule has 2 aromatic carbocycles. The number of nitrogens with zero attached hydrogens (tertiary/aromatic N) is 1. The summed E-state index contributed by atoms with van der Waals surface area (Å²) in [5.74, 6) is 1.85. The number of carbonyl (C=O) groups excluding carboxylic acids is 1. The van der Waals surface area contributed by atoms with Crippen LogP contribution in [0.3, 0.4) is 0 Å². The molecular weight excluding hydrogens is 354 g/mol. The number of hydrogen-bond donors (Lipinski definition) is 0. The summed E-state index contributed by atoms with van der Waals surface area (Å²) in [5, 5.41) is 0.573. The molecule has 0 N–H and O–H groups in total. The quantitative estimate of drug-likeness (QED) is 0.701. The summed E-state index contributed by atoms with van der Waals surface area (Å²) in [5.41, 5.74) is 1.06. The van der Waals surface area contributed by atoms with Crippen molar-refractivity contribution in [2.75, 3.05) is 27.8 Å². The van der Waals surface area contributed by atoms with Crippen molar-refractivity contribution in [3.63, 3.8) is 0 Å². The van der Waals surface area contributed by atoms with Crippen molar-refractivity contribution in [3.8, 4) is 17.2 Å². The van der Waals surface area contributed by atoms with Gasteiger partial charge in [-0.1, -0.05) is 23.7 Å². The molecule has 0 saturated carbocycles. The molecule has 0 aliphatic heterocycles. The molecule has 2 rings (SSSR count). The average molecular weight is 378 g/mol. The first-order valence-electron chi connectivity index (χ1n) is 8.32. The van der Waals surface area contributed by atoms with E-state index in [4.69, 9.17) is 25.8 Å². The third-order valence-electron chi connectivity index (χ3n) is 4.02. The first kappa shape index (κ1) is 19.9. The molecule has 0 aromatic heterocycles. The molecule has 2 aromatic rings. The Kier molecular flexibility index (Phi) is 7.16. The van der Waals surface area contributed by atoms with Gasteiger partial charge >= 0.3 is 0 Å². The molecule has 0 saturated heterocycles. The maximum Gasteiger partial charge on any atom is 0.263 e. The summed E-state index contributed by atoms with van der Waals surface area (Å²) in [6.07, 6.45) is 0.107. The van der Waals surface area contributed by atoms with E-state index < -0.39 is 6.10 Å². The van der Waals surface area contributed by atoms with Crippen LogP contribution in [-0.4, -0.2) is 44.7 Å². The van der Waals surface area contributed by atoms with Crippen molar-refractivity contribution in [2.45, 2.75) is 19.4 Å². The minimum atomic E-state index is -0.594. The zero-order chi connectivity index (χ0) is 19.1. The van der Waals surface area contributed by atoms with Crippen LogP contribution in [0.25, 0.3) is 0 Å². The standard InChI is InChI=1S/C20H24ClNO4/c1-14(26-17-7-5-6-16(21)13-17)20(23)22(2)11-10-15-8-9-18(24-3)19(12-15)25-4/h5-9,12-14H,10-11H2,1-4H3. The van der Waals surface area contributed by atoms with Crippen LogP contribution in [0.4, 0.5) is 0 Å². The van der Waals surface area contributed by atoms with Gasteiger partial charge in [0.15, 0.2) is 17.6 Å². The van der Waals surface area contributed by atoms with Crippen molar-refractivity contribution in [1.82, 2.24) is 4.90 Å². The highest BCUT2D eigenvalue weighted by Crippen LogP contribution is 2.27. The Balaban J connectivity index is 1.92. The van der Waals surface area contributed by atoms with E-state index in [0.717, 1.165) is 5.56 Å². The number of amides is 1. The van der Waals surface area contributed by atoms with Crippen molar-refractivity contribution >= 4 is 17.5 Å². The first-order valence-corrected chi connectivity index (χ1v) is 8.70. The van der Waals surface area contributed by atoms with E-state index >= 15 is 0 Å². The molecule has 0 radical (unpaired) electrons. The fourth-order valence-electron chi connectivity index (χ4n) is 2.55. The van der Waals surface area contributed by atoms with E-state index in [-0.39, 0.29) is 5.91 Å². The molecule has 1 amide bonds. The normalized spacial score (nSPS) is 11.6. The van der Waals surface area contributed by atoms with E-state index in [2.05, 4.69) is 0 Å². The van der Waals surface area contributed by atoms with Gasteiger partial charge in [0.1, 0.15) is 5.75 Å². The number of hydrogen-bond acceptors (Lipinski definition) is 4. The van der Waals surface area contributed by atoms with Crippen LogP contribution >= 0.6 is 11.6 Å². The molecule has 0 heterocycles. The third kappa shape index (κ3) is 5.30. The largest absolute Gasteiger partial charge is 0.493 e. The number of rotatable bonds is 8. The zero-order valence-corrected chi connectivity index (χ0v) is 16.2. The molecule has 1 atom stereocenters. The molecule has 0 bridgehead atoms. The van der Waals surface area contributed by atoms with Gasteiger partial charge in [0.2, 0.25) is 0 Å². The highest BCUT2D eigenvalue weighted by molar-refractivity contribution is 6.30. The van der Waals surface area contributed by atoms with Crippen molar-refractivity contribution < 1.29 is 19.0 Å². The van der Waals surface area contributed by atoms with E-state index in [9.17, 15) is 4.79 Å². The Hall–Kier alpha value is -2.40. The number of likely N-dealkylation sites (N-methyl/N-ethyl adjacent to an activating group) is 1. The van der Waals surface area contributed by atoms with E-state index in [1.165, 1.54) is 0 Å². The van der Waals surface area contributed by atoms with Crippen LogP contribution in [0.2, 0.25) is 5.02 Å². The predicted octanol–water partition coefficient (Wildman–Crippen LogP) is 3.83. The van der Waals surface area contributed by atoms with Gasteiger partial charge in [0.25, 0.3) is 5.91 Å². The fourth-order valence-corrected chi connectivity index (χ4v) is 2.73. The Morgan fingerprint density at radius 3 is 2.50 bits per heavy atom. The van der Waals surface area contributed by atoms with Gasteiger partial charge in [0, 0.05) is 18.6 Å². The second-order valence-electron chi connectivity index (χ2n) is 5.92.